The summed E-state index contributed by atoms with van der Waals surface area (Å²) < 4.78 is 4.98. The SMILES string of the molecule is CCOC(=O)c1cc2cc(NC(=O)[C@H](N)Cc3ccccc3)ccc2[nH]1. The maximum Gasteiger partial charge on any atom is 0.354 e. The molecule has 1 amide bonds. The van der Waals surface area contributed by atoms with Crippen LogP contribution in [-0.4, -0.2) is 29.5 Å². The van der Waals surface area contributed by atoms with Crippen molar-refractivity contribution in [3.63, 3.8) is 0 Å². The van der Waals surface area contributed by atoms with Gasteiger partial charge in [0.15, 0.2) is 0 Å². The Kier molecular flexibility index (Phi) is 5.34. The molecule has 0 radical (unpaired) electrons. The summed E-state index contributed by atoms with van der Waals surface area (Å²) in [5, 5.41) is 3.63. The summed E-state index contributed by atoms with van der Waals surface area (Å²) in [7, 11) is 0. The van der Waals surface area contributed by atoms with Crippen LogP contribution in [0, 0.1) is 0 Å². The number of benzene rings is 2. The van der Waals surface area contributed by atoms with Crippen molar-refractivity contribution in [2.45, 2.75) is 19.4 Å². The average molecular weight is 351 g/mol. The molecule has 4 N–H and O–H groups in total. The van der Waals surface area contributed by atoms with Gasteiger partial charge in [0, 0.05) is 16.6 Å². The summed E-state index contributed by atoms with van der Waals surface area (Å²) >= 11 is 0. The van der Waals surface area contributed by atoms with E-state index in [1.54, 1.807) is 31.2 Å². The number of rotatable bonds is 6. The molecule has 0 fully saturated rings. The Hall–Kier alpha value is -3.12. The summed E-state index contributed by atoms with van der Waals surface area (Å²) in [5.41, 5.74) is 8.81. The van der Waals surface area contributed by atoms with Crippen LogP contribution < -0.4 is 11.1 Å². The van der Waals surface area contributed by atoms with E-state index in [1.165, 1.54) is 0 Å². The quantitative estimate of drug-likeness (QED) is 0.595. The van der Waals surface area contributed by atoms with Gasteiger partial charge in [0.05, 0.1) is 12.6 Å². The number of fused-ring (bicyclic) bond motifs is 1. The molecular weight excluding hydrogens is 330 g/mol. The number of anilines is 1. The number of aromatic nitrogens is 1. The smallest absolute Gasteiger partial charge is 0.354 e. The summed E-state index contributed by atoms with van der Waals surface area (Å²) in [6, 6.07) is 16.1. The second kappa shape index (κ2) is 7.84. The van der Waals surface area contributed by atoms with Gasteiger partial charge in [-0.15, -0.1) is 0 Å². The molecule has 1 aromatic heterocycles. The zero-order valence-corrected chi connectivity index (χ0v) is 14.5. The van der Waals surface area contributed by atoms with Crippen molar-refractivity contribution in [2.75, 3.05) is 11.9 Å². The van der Waals surface area contributed by atoms with Gasteiger partial charge in [-0.1, -0.05) is 30.3 Å². The van der Waals surface area contributed by atoms with E-state index >= 15 is 0 Å². The molecule has 6 heteroatoms. The fraction of sp³-hybridized carbons (Fsp3) is 0.200. The first-order valence-electron chi connectivity index (χ1n) is 8.47. The Morgan fingerprint density at radius 3 is 2.65 bits per heavy atom. The standard InChI is InChI=1S/C20H21N3O3/c1-2-26-20(25)18-12-14-11-15(8-9-17(14)23-18)22-19(24)16(21)10-13-6-4-3-5-7-13/h3-9,11-12,16,23H,2,10,21H2,1H3,(H,22,24)/t16-/m1/s1. The van der Waals surface area contributed by atoms with E-state index in [4.69, 9.17) is 10.5 Å². The third-order valence-corrected chi connectivity index (χ3v) is 4.02. The molecule has 2 aromatic carbocycles. The molecule has 26 heavy (non-hydrogen) atoms. The van der Waals surface area contributed by atoms with Gasteiger partial charge in [0.1, 0.15) is 5.69 Å². The Bertz CT molecular complexity index is 918. The van der Waals surface area contributed by atoms with Crippen LogP contribution in [0.1, 0.15) is 23.0 Å². The van der Waals surface area contributed by atoms with Gasteiger partial charge in [-0.3, -0.25) is 4.79 Å². The molecule has 0 bridgehead atoms. The van der Waals surface area contributed by atoms with Crippen LogP contribution in [0.15, 0.2) is 54.6 Å². The molecule has 3 aromatic rings. The highest BCUT2D eigenvalue weighted by Gasteiger charge is 2.15. The van der Waals surface area contributed by atoms with Crippen LogP contribution >= 0.6 is 0 Å². The van der Waals surface area contributed by atoms with Crippen molar-refractivity contribution >= 4 is 28.5 Å². The van der Waals surface area contributed by atoms with Crippen molar-refractivity contribution in [3.8, 4) is 0 Å². The first kappa shape index (κ1) is 17.7. The Morgan fingerprint density at radius 1 is 1.15 bits per heavy atom. The number of amides is 1. The van der Waals surface area contributed by atoms with Crippen molar-refractivity contribution in [3.05, 3.63) is 65.9 Å². The van der Waals surface area contributed by atoms with Crippen LogP contribution in [0.5, 0.6) is 0 Å². The number of hydrogen-bond donors (Lipinski definition) is 3. The minimum absolute atomic E-state index is 0.255. The number of H-pyrrole nitrogens is 1. The van der Waals surface area contributed by atoms with Crippen molar-refractivity contribution in [1.29, 1.82) is 0 Å². The molecule has 0 aliphatic rings. The Labute approximate surface area is 151 Å². The highest BCUT2D eigenvalue weighted by atomic mass is 16.5. The third kappa shape index (κ3) is 4.10. The lowest BCUT2D eigenvalue weighted by Gasteiger charge is -2.12. The monoisotopic (exact) mass is 351 g/mol. The van der Waals surface area contributed by atoms with Crippen LogP contribution in [0.2, 0.25) is 0 Å². The van der Waals surface area contributed by atoms with Crippen molar-refractivity contribution in [1.82, 2.24) is 4.98 Å². The molecule has 0 saturated heterocycles. The molecule has 0 unspecified atom stereocenters. The summed E-state index contributed by atoms with van der Waals surface area (Å²) in [5.74, 6) is -0.659. The average Bonchev–Trinajstić information content (AvgIpc) is 3.06. The predicted molar refractivity (Wildman–Crippen MR) is 101 cm³/mol. The van der Waals surface area contributed by atoms with Crippen LogP contribution in [0.25, 0.3) is 10.9 Å². The lowest BCUT2D eigenvalue weighted by Crippen LogP contribution is -2.37. The van der Waals surface area contributed by atoms with E-state index in [0.29, 0.717) is 24.4 Å². The number of carbonyl (C=O) groups excluding carboxylic acids is 2. The number of nitrogens with two attached hydrogens (primary N) is 1. The number of esters is 1. The molecule has 1 heterocycles. The molecule has 0 spiro atoms. The molecule has 6 nitrogen and oxygen atoms in total. The first-order chi connectivity index (χ1) is 12.6. The Balaban J connectivity index is 1.70. The molecule has 0 aliphatic heterocycles. The van der Waals surface area contributed by atoms with Crippen LogP contribution in [0.3, 0.4) is 0 Å². The fourth-order valence-corrected chi connectivity index (χ4v) is 2.72. The maximum atomic E-state index is 12.3. The normalized spacial score (nSPS) is 11.9. The van der Waals surface area contributed by atoms with E-state index in [9.17, 15) is 9.59 Å². The minimum Gasteiger partial charge on any atom is -0.461 e. The van der Waals surface area contributed by atoms with Gasteiger partial charge in [-0.2, -0.15) is 0 Å². The van der Waals surface area contributed by atoms with Crippen molar-refractivity contribution < 1.29 is 14.3 Å². The molecule has 1 atom stereocenters. The lowest BCUT2D eigenvalue weighted by atomic mass is 10.1. The molecule has 3 rings (SSSR count). The van der Waals surface area contributed by atoms with E-state index < -0.39 is 12.0 Å². The summed E-state index contributed by atoms with van der Waals surface area (Å²) in [6.07, 6.45) is 0.464. The number of aromatic amines is 1. The van der Waals surface area contributed by atoms with Gasteiger partial charge in [-0.25, -0.2) is 4.79 Å². The second-order valence-corrected chi connectivity index (χ2v) is 5.99. The number of hydrogen-bond acceptors (Lipinski definition) is 4. The maximum absolute atomic E-state index is 12.3. The van der Waals surface area contributed by atoms with E-state index in [2.05, 4.69) is 10.3 Å². The largest absolute Gasteiger partial charge is 0.461 e. The number of ether oxygens (including phenoxy) is 1. The summed E-state index contributed by atoms with van der Waals surface area (Å²) in [6.45, 7) is 2.07. The highest BCUT2D eigenvalue weighted by Crippen LogP contribution is 2.21. The van der Waals surface area contributed by atoms with Gasteiger partial charge >= 0.3 is 5.97 Å². The zero-order valence-electron chi connectivity index (χ0n) is 14.5. The topological polar surface area (TPSA) is 97.2 Å². The first-order valence-corrected chi connectivity index (χ1v) is 8.47. The van der Waals surface area contributed by atoms with E-state index in [-0.39, 0.29) is 5.91 Å². The molecule has 134 valence electrons. The van der Waals surface area contributed by atoms with Gasteiger partial charge in [0.25, 0.3) is 0 Å². The second-order valence-electron chi connectivity index (χ2n) is 5.99. The number of carbonyl (C=O) groups is 2. The number of nitrogens with one attached hydrogen (secondary N) is 2. The van der Waals surface area contributed by atoms with Gasteiger partial charge in [-0.05, 0) is 43.2 Å². The fourth-order valence-electron chi connectivity index (χ4n) is 2.72. The van der Waals surface area contributed by atoms with E-state index in [0.717, 1.165) is 16.5 Å². The zero-order chi connectivity index (χ0) is 18.5. The van der Waals surface area contributed by atoms with Crippen molar-refractivity contribution in [2.24, 2.45) is 5.73 Å². The predicted octanol–water partition coefficient (Wildman–Crippen LogP) is 2.85. The molecule has 0 saturated carbocycles. The highest BCUT2D eigenvalue weighted by molar-refractivity contribution is 5.99. The van der Waals surface area contributed by atoms with Crippen LogP contribution in [-0.2, 0) is 16.0 Å². The van der Waals surface area contributed by atoms with E-state index in [1.807, 2.05) is 30.3 Å². The lowest BCUT2D eigenvalue weighted by molar-refractivity contribution is -0.117. The van der Waals surface area contributed by atoms with Crippen LogP contribution in [0.4, 0.5) is 5.69 Å². The van der Waals surface area contributed by atoms with Gasteiger partial charge < -0.3 is 20.8 Å². The molecular formula is C20H21N3O3. The minimum atomic E-state index is -0.644. The summed E-state index contributed by atoms with van der Waals surface area (Å²) in [4.78, 5) is 27.1. The third-order valence-electron chi connectivity index (χ3n) is 4.02. The Morgan fingerprint density at radius 2 is 1.92 bits per heavy atom. The van der Waals surface area contributed by atoms with Gasteiger partial charge in [0.2, 0.25) is 5.91 Å². The molecule has 0 aliphatic carbocycles.